The molecule has 0 radical (unpaired) electrons. The molecule has 108 valence electrons. The van der Waals surface area contributed by atoms with E-state index < -0.39 is 0 Å². The Morgan fingerprint density at radius 3 is 2.61 bits per heavy atom. The van der Waals surface area contributed by atoms with Gasteiger partial charge in [-0.3, -0.25) is 0 Å². The molecule has 1 aliphatic rings. The van der Waals surface area contributed by atoms with Crippen molar-refractivity contribution in [2.24, 2.45) is 11.3 Å². The molecule has 3 heteroatoms. The van der Waals surface area contributed by atoms with Gasteiger partial charge < -0.3 is 14.8 Å². The number of hydrogen-bond acceptors (Lipinski definition) is 3. The van der Waals surface area contributed by atoms with E-state index in [1.165, 1.54) is 0 Å². The van der Waals surface area contributed by atoms with E-state index in [9.17, 15) is 0 Å². The molecule has 1 N–H and O–H groups in total. The summed E-state index contributed by atoms with van der Waals surface area (Å²) in [5.41, 5.74) is 0.273. The Hall–Kier alpha value is -0.120. The molecule has 0 saturated heterocycles. The summed E-state index contributed by atoms with van der Waals surface area (Å²) >= 11 is 0. The first kappa shape index (κ1) is 15.9. The van der Waals surface area contributed by atoms with Gasteiger partial charge in [0, 0.05) is 31.3 Å². The maximum absolute atomic E-state index is 5.73. The lowest BCUT2D eigenvalue weighted by atomic mass is 9.64. The molecule has 1 fully saturated rings. The molecule has 0 aromatic heterocycles. The van der Waals surface area contributed by atoms with Gasteiger partial charge in [-0.25, -0.2) is 0 Å². The summed E-state index contributed by atoms with van der Waals surface area (Å²) in [6, 6.07) is 0.596. The van der Waals surface area contributed by atoms with E-state index in [1.54, 1.807) is 0 Å². The Morgan fingerprint density at radius 1 is 1.33 bits per heavy atom. The molecule has 18 heavy (non-hydrogen) atoms. The van der Waals surface area contributed by atoms with Crippen LogP contribution < -0.4 is 5.32 Å². The lowest BCUT2D eigenvalue weighted by molar-refractivity contribution is -0.114. The van der Waals surface area contributed by atoms with Crippen LogP contribution in [0.25, 0.3) is 0 Å². The van der Waals surface area contributed by atoms with Crippen LogP contribution in [0, 0.1) is 11.3 Å². The van der Waals surface area contributed by atoms with E-state index in [0.717, 1.165) is 39.2 Å². The van der Waals surface area contributed by atoms with Gasteiger partial charge in [0.05, 0.1) is 6.10 Å². The quantitative estimate of drug-likeness (QED) is 0.644. The van der Waals surface area contributed by atoms with E-state index in [4.69, 9.17) is 9.47 Å². The minimum atomic E-state index is 0.273. The summed E-state index contributed by atoms with van der Waals surface area (Å²) in [6.45, 7) is 14.6. The maximum Gasteiger partial charge on any atom is 0.0655 e. The largest absolute Gasteiger partial charge is 0.381 e. The standard InChI is InChI=1S/C15H31NO2/c1-6-18-14-10-13(15(14,4)5)16-8-7-9-17-11-12(2)3/h12-14,16H,6-11H2,1-5H3. The molecular formula is C15H31NO2. The first-order valence-corrected chi connectivity index (χ1v) is 7.41. The first-order chi connectivity index (χ1) is 8.48. The predicted molar refractivity (Wildman–Crippen MR) is 75.9 cm³/mol. The van der Waals surface area contributed by atoms with Gasteiger partial charge in [0.15, 0.2) is 0 Å². The zero-order valence-electron chi connectivity index (χ0n) is 12.8. The minimum Gasteiger partial charge on any atom is -0.381 e. The second kappa shape index (κ2) is 7.46. The van der Waals surface area contributed by atoms with Gasteiger partial charge in [-0.05, 0) is 32.2 Å². The van der Waals surface area contributed by atoms with Crippen molar-refractivity contribution in [1.82, 2.24) is 5.32 Å². The van der Waals surface area contributed by atoms with Crippen molar-refractivity contribution in [3.05, 3.63) is 0 Å². The van der Waals surface area contributed by atoms with E-state index in [-0.39, 0.29) is 5.41 Å². The fourth-order valence-corrected chi connectivity index (χ4v) is 2.49. The highest BCUT2D eigenvalue weighted by atomic mass is 16.5. The summed E-state index contributed by atoms with van der Waals surface area (Å²) in [7, 11) is 0. The number of nitrogens with one attached hydrogen (secondary N) is 1. The molecule has 1 saturated carbocycles. The van der Waals surface area contributed by atoms with Crippen LogP contribution in [0.3, 0.4) is 0 Å². The molecule has 0 aromatic rings. The molecule has 3 nitrogen and oxygen atoms in total. The van der Waals surface area contributed by atoms with Crippen molar-refractivity contribution in [3.8, 4) is 0 Å². The fourth-order valence-electron chi connectivity index (χ4n) is 2.49. The van der Waals surface area contributed by atoms with Gasteiger partial charge in [0.2, 0.25) is 0 Å². The van der Waals surface area contributed by atoms with E-state index in [0.29, 0.717) is 18.1 Å². The number of ether oxygens (including phenoxy) is 2. The summed E-state index contributed by atoms with van der Waals surface area (Å²) in [5, 5.41) is 3.63. The van der Waals surface area contributed by atoms with Gasteiger partial charge >= 0.3 is 0 Å². The van der Waals surface area contributed by atoms with Crippen LogP contribution in [0.2, 0.25) is 0 Å². The number of rotatable bonds is 9. The van der Waals surface area contributed by atoms with Gasteiger partial charge in [0.1, 0.15) is 0 Å². The van der Waals surface area contributed by atoms with Crippen LogP contribution in [0.5, 0.6) is 0 Å². The normalized spacial score (nSPS) is 26.3. The summed E-state index contributed by atoms with van der Waals surface area (Å²) in [4.78, 5) is 0. The molecule has 1 aliphatic carbocycles. The Labute approximate surface area is 113 Å². The Kier molecular flexibility index (Phi) is 6.61. The summed E-state index contributed by atoms with van der Waals surface area (Å²) < 4.78 is 11.3. The second-order valence-corrected chi connectivity index (χ2v) is 6.33. The van der Waals surface area contributed by atoms with Crippen molar-refractivity contribution in [3.63, 3.8) is 0 Å². The molecule has 2 atom stereocenters. The molecule has 0 bridgehead atoms. The van der Waals surface area contributed by atoms with Crippen molar-refractivity contribution in [2.75, 3.05) is 26.4 Å². The van der Waals surface area contributed by atoms with Crippen molar-refractivity contribution in [2.45, 2.75) is 59.6 Å². The molecule has 0 aliphatic heterocycles. The molecule has 0 spiro atoms. The molecular weight excluding hydrogens is 226 g/mol. The van der Waals surface area contributed by atoms with Crippen molar-refractivity contribution in [1.29, 1.82) is 0 Å². The Bertz CT molecular complexity index is 229. The first-order valence-electron chi connectivity index (χ1n) is 7.41. The van der Waals surface area contributed by atoms with Crippen LogP contribution in [-0.4, -0.2) is 38.5 Å². The average Bonchev–Trinajstić information content (AvgIpc) is 2.30. The smallest absolute Gasteiger partial charge is 0.0655 e. The highest BCUT2D eigenvalue weighted by Gasteiger charge is 2.48. The van der Waals surface area contributed by atoms with Gasteiger partial charge in [-0.2, -0.15) is 0 Å². The Balaban J connectivity index is 2.04. The highest BCUT2D eigenvalue weighted by molar-refractivity contribution is 5.02. The van der Waals surface area contributed by atoms with Crippen LogP contribution in [0.15, 0.2) is 0 Å². The molecule has 1 rings (SSSR count). The fraction of sp³-hybridized carbons (Fsp3) is 1.00. The molecule has 0 aromatic carbocycles. The molecule has 0 amide bonds. The summed E-state index contributed by atoms with van der Waals surface area (Å²) in [5.74, 6) is 0.635. The molecule has 2 unspecified atom stereocenters. The van der Waals surface area contributed by atoms with Gasteiger partial charge in [-0.15, -0.1) is 0 Å². The second-order valence-electron chi connectivity index (χ2n) is 6.33. The van der Waals surface area contributed by atoms with Crippen LogP contribution >= 0.6 is 0 Å². The molecule has 0 heterocycles. The van der Waals surface area contributed by atoms with E-state index >= 15 is 0 Å². The van der Waals surface area contributed by atoms with E-state index in [2.05, 4.69) is 39.9 Å². The van der Waals surface area contributed by atoms with Gasteiger partial charge in [0.25, 0.3) is 0 Å². The third-order valence-electron chi connectivity index (χ3n) is 3.85. The zero-order valence-corrected chi connectivity index (χ0v) is 12.8. The van der Waals surface area contributed by atoms with Crippen molar-refractivity contribution < 1.29 is 9.47 Å². The zero-order chi connectivity index (χ0) is 13.6. The third kappa shape index (κ3) is 4.52. The SMILES string of the molecule is CCOC1CC(NCCCOCC(C)C)C1(C)C. The lowest BCUT2D eigenvalue weighted by Gasteiger charge is -2.52. The van der Waals surface area contributed by atoms with Crippen LogP contribution in [0.1, 0.15) is 47.5 Å². The monoisotopic (exact) mass is 257 g/mol. The minimum absolute atomic E-state index is 0.273. The maximum atomic E-state index is 5.73. The van der Waals surface area contributed by atoms with E-state index in [1.807, 2.05) is 0 Å². The van der Waals surface area contributed by atoms with Gasteiger partial charge in [-0.1, -0.05) is 27.7 Å². The third-order valence-corrected chi connectivity index (χ3v) is 3.85. The summed E-state index contributed by atoms with van der Waals surface area (Å²) in [6.07, 6.45) is 2.67. The van der Waals surface area contributed by atoms with Crippen LogP contribution in [-0.2, 0) is 9.47 Å². The van der Waals surface area contributed by atoms with Crippen molar-refractivity contribution >= 4 is 0 Å². The van der Waals surface area contributed by atoms with Crippen LogP contribution in [0.4, 0.5) is 0 Å². The predicted octanol–water partition coefficient (Wildman–Crippen LogP) is 2.84. The number of hydrogen-bond donors (Lipinski definition) is 1. The lowest BCUT2D eigenvalue weighted by Crippen LogP contribution is -2.61. The Morgan fingerprint density at radius 2 is 2.06 bits per heavy atom. The topological polar surface area (TPSA) is 30.5 Å². The average molecular weight is 257 g/mol. The highest BCUT2D eigenvalue weighted by Crippen LogP contribution is 2.42.